The van der Waals surface area contributed by atoms with Crippen molar-refractivity contribution in [3.8, 4) is 6.07 Å². The molecule has 0 aliphatic heterocycles. The molecule has 4 nitrogen and oxygen atoms in total. The Bertz CT molecular complexity index is 162. The monoisotopic (exact) mass is 155 g/mol. The van der Waals surface area contributed by atoms with Gasteiger partial charge in [0.15, 0.2) is 0 Å². The van der Waals surface area contributed by atoms with E-state index in [-0.39, 0.29) is 11.8 Å². The fourth-order valence-corrected chi connectivity index (χ4v) is 0.658. The van der Waals surface area contributed by atoms with E-state index in [1.165, 1.54) is 6.92 Å². The SMILES string of the molecule is CC(=O)NCCC(C#N)CN. The van der Waals surface area contributed by atoms with Crippen LogP contribution in [0.25, 0.3) is 0 Å². The predicted molar refractivity (Wildman–Crippen MR) is 41.5 cm³/mol. The smallest absolute Gasteiger partial charge is 0.216 e. The van der Waals surface area contributed by atoms with Gasteiger partial charge in [-0.05, 0) is 6.42 Å². The zero-order valence-corrected chi connectivity index (χ0v) is 6.63. The Morgan fingerprint density at radius 1 is 1.82 bits per heavy atom. The first-order chi connectivity index (χ1) is 5.20. The van der Waals surface area contributed by atoms with E-state index in [1.54, 1.807) is 0 Å². The van der Waals surface area contributed by atoms with Crippen LogP contribution >= 0.6 is 0 Å². The Labute approximate surface area is 66.4 Å². The highest BCUT2D eigenvalue weighted by Gasteiger charge is 2.03. The Balaban J connectivity index is 3.38. The van der Waals surface area contributed by atoms with Crippen molar-refractivity contribution in [3.05, 3.63) is 0 Å². The quantitative estimate of drug-likeness (QED) is 0.580. The molecule has 0 saturated carbocycles. The number of hydrogen-bond donors (Lipinski definition) is 2. The Morgan fingerprint density at radius 2 is 2.45 bits per heavy atom. The zero-order valence-electron chi connectivity index (χ0n) is 6.63. The topological polar surface area (TPSA) is 78.9 Å². The lowest BCUT2D eigenvalue weighted by Crippen LogP contribution is -2.24. The van der Waals surface area contributed by atoms with Crippen LogP contribution in [0, 0.1) is 17.2 Å². The molecular formula is C7H13N3O. The number of hydrogen-bond acceptors (Lipinski definition) is 3. The van der Waals surface area contributed by atoms with Crippen LogP contribution in [0.4, 0.5) is 0 Å². The van der Waals surface area contributed by atoms with Crippen LogP contribution in [0.1, 0.15) is 13.3 Å². The number of nitrogens with two attached hydrogens (primary N) is 1. The molecule has 0 fully saturated rings. The van der Waals surface area contributed by atoms with Gasteiger partial charge in [0.1, 0.15) is 0 Å². The van der Waals surface area contributed by atoms with Crippen LogP contribution in [0.2, 0.25) is 0 Å². The van der Waals surface area contributed by atoms with Crippen molar-refractivity contribution in [1.29, 1.82) is 5.26 Å². The first-order valence-electron chi connectivity index (χ1n) is 3.54. The van der Waals surface area contributed by atoms with Crippen molar-refractivity contribution < 1.29 is 4.79 Å². The highest BCUT2D eigenvalue weighted by Crippen LogP contribution is 1.95. The molecule has 0 aliphatic rings. The summed E-state index contributed by atoms with van der Waals surface area (Å²) in [6, 6.07) is 2.05. The van der Waals surface area contributed by atoms with Gasteiger partial charge in [-0.3, -0.25) is 4.79 Å². The van der Waals surface area contributed by atoms with E-state index < -0.39 is 0 Å². The molecule has 0 aliphatic carbocycles. The van der Waals surface area contributed by atoms with Gasteiger partial charge in [0.25, 0.3) is 0 Å². The van der Waals surface area contributed by atoms with Crippen LogP contribution in [0.5, 0.6) is 0 Å². The van der Waals surface area contributed by atoms with E-state index in [0.717, 1.165) is 0 Å². The second-order valence-corrected chi connectivity index (χ2v) is 2.33. The summed E-state index contributed by atoms with van der Waals surface area (Å²) in [5, 5.41) is 11.0. The maximum atomic E-state index is 10.4. The standard InChI is InChI=1S/C7H13N3O/c1-6(11)10-3-2-7(4-8)5-9/h7H,2-4,8H2,1H3,(H,10,11). The number of nitrogens with one attached hydrogen (secondary N) is 1. The molecule has 4 heteroatoms. The van der Waals surface area contributed by atoms with Crippen LogP contribution < -0.4 is 11.1 Å². The fourth-order valence-electron chi connectivity index (χ4n) is 0.658. The van der Waals surface area contributed by atoms with E-state index in [1.807, 2.05) is 6.07 Å². The average molecular weight is 155 g/mol. The summed E-state index contributed by atoms with van der Waals surface area (Å²) in [7, 11) is 0. The number of nitrogens with zero attached hydrogens (tertiary/aromatic N) is 1. The van der Waals surface area contributed by atoms with Crippen molar-refractivity contribution in [3.63, 3.8) is 0 Å². The largest absolute Gasteiger partial charge is 0.356 e. The Kier molecular flexibility index (Phi) is 5.13. The van der Waals surface area contributed by atoms with Crippen molar-refractivity contribution in [2.45, 2.75) is 13.3 Å². The number of nitriles is 1. The second kappa shape index (κ2) is 5.69. The van der Waals surface area contributed by atoms with Crippen LogP contribution in [-0.2, 0) is 4.79 Å². The normalized spacial score (nSPS) is 11.7. The van der Waals surface area contributed by atoms with Gasteiger partial charge in [0, 0.05) is 20.0 Å². The molecular weight excluding hydrogens is 142 g/mol. The van der Waals surface area contributed by atoms with Crippen molar-refractivity contribution in [2.75, 3.05) is 13.1 Å². The molecule has 1 amide bonds. The van der Waals surface area contributed by atoms with Gasteiger partial charge < -0.3 is 11.1 Å². The van der Waals surface area contributed by atoms with E-state index in [9.17, 15) is 4.79 Å². The maximum Gasteiger partial charge on any atom is 0.216 e. The van der Waals surface area contributed by atoms with Crippen LogP contribution in [0.15, 0.2) is 0 Å². The summed E-state index contributed by atoms with van der Waals surface area (Å²) in [4.78, 5) is 10.4. The van der Waals surface area contributed by atoms with E-state index >= 15 is 0 Å². The summed E-state index contributed by atoms with van der Waals surface area (Å²) in [5.41, 5.74) is 5.26. The van der Waals surface area contributed by atoms with Gasteiger partial charge in [-0.2, -0.15) is 5.26 Å². The van der Waals surface area contributed by atoms with Crippen molar-refractivity contribution in [1.82, 2.24) is 5.32 Å². The average Bonchev–Trinajstić information content (AvgIpc) is 1.98. The van der Waals surface area contributed by atoms with E-state index in [0.29, 0.717) is 19.5 Å². The highest BCUT2D eigenvalue weighted by atomic mass is 16.1. The minimum Gasteiger partial charge on any atom is -0.356 e. The Hall–Kier alpha value is -1.08. The minimum atomic E-state index is -0.137. The summed E-state index contributed by atoms with van der Waals surface area (Å²) >= 11 is 0. The molecule has 0 saturated heterocycles. The molecule has 0 heterocycles. The minimum absolute atomic E-state index is 0.0706. The predicted octanol–water partition coefficient (Wildman–Crippen LogP) is -0.389. The molecule has 1 unspecified atom stereocenters. The van der Waals surface area contributed by atoms with Crippen molar-refractivity contribution >= 4 is 5.91 Å². The third kappa shape index (κ3) is 5.37. The molecule has 1 atom stereocenters. The molecule has 11 heavy (non-hydrogen) atoms. The number of rotatable bonds is 4. The molecule has 0 radical (unpaired) electrons. The molecule has 0 aromatic heterocycles. The molecule has 0 aromatic rings. The zero-order chi connectivity index (χ0) is 8.69. The van der Waals surface area contributed by atoms with Crippen LogP contribution in [-0.4, -0.2) is 19.0 Å². The lowest BCUT2D eigenvalue weighted by Gasteiger charge is -2.04. The highest BCUT2D eigenvalue weighted by molar-refractivity contribution is 5.72. The number of carbonyl (C=O) groups is 1. The number of amides is 1. The summed E-state index contributed by atoms with van der Waals surface area (Å²) < 4.78 is 0. The third-order valence-electron chi connectivity index (χ3n) is 1.33. The number of carbonyl (C=O) groups excluding carboxylic acids is 1. The van der Waals surface area contributed by atoms with E-state index in [2.05, 4.69) is 5.32 Å². The molecule has 62 valence electrons. The molecule has 3 N–H and O–H groups in total. The van der Waals surface area contributed by atoms with E-state index in [4.69, 9.17) is 11.0 Å². The van der Waals surface area contributed by atoms with Crippen LogP contribution in [0.3, 0.4) is 0 Å². The first kappa shape index (κ1) is 9.92. The third-order valence-corrected chi connectivity index (χ3v) is 1.33. The molecule has 0 bridgehead atoms. The summed E-state index contributed by atoms with van der Waals surface area (Å²) in [5.74, 6) is -0.208. The molecule has 0 rings (SSSR count). The van der Waals surface area contributed by atoms with Gasteiger partial charge in [-0.1, -0.05) is 0 Å². The Morgan fingerprint density at radius 3 is 2.82 bits per heavy atom. The first-order valence-corrected chi connectivity index (χ1v) is 3.54. The van der Waals surface area contributed by atoms with Gasteiger partial charge >= 0.3 is 0 Å². The summed E-state index contributed by atoms with van der Waals surface area (Å²) in [6.45, 7) is 2.34. The van der Waals surface area contributed by atoms with Gasteiger partial charge in [0.05, 0.1) is 12.0 Å². The maximum absolute atomic E-state index is 10.4. The molecule has 0 aromatic carbocycles. The lowest BCUT2D eigenvalue weighted by molar-refractivity contribution is -0.118. The van der Waals surface area contributed by atoms with Gasteiger partial charge in [-0.15, -0.1) is 0 Å². The van der Waals surface area contributed by atoms with Gasteiger partial charge in [0.2, 0.25) is 5.91 Å². The fraction of sp³-hybridized carbons (Fsp3) is 0.714. The lowest BCUT2D eigenvalue weighted by atomic mass is 10.1. The van der Waals surface area contributed by atoms with Gasteiger partial charge in [-0.25, -0.2) is 0 Å². The second-order valence-electron chi connectivity index (χ2n) is 2.33. The van der Waals surface area contributed by atoms with Crippen molar-refractivity contribution in [2.24, 2.45) is 11.7 Å². The summed E-state index contributed by atoms with van der Waals surface area (Å²) in [6.07, 6.45) is 0.632. The molecule has 0 spiro atoms.